The molecule has 1 unspecified atom stereocenters. The molecule has 2 aromatic rings. The van der Waals surface area contributed by atoms with Crippen molar-refractivity contribution in [1.82, 2.24) is 5.32 Å². The fourth-order valence-electron chi connectivity index (χ4n) is 2.36. The zero-order chi connectivity index (χ0) is 18.6. The summed E-state index contributed by atoms with van der Waals surface area (Å²) in [7, 11) is 4.50. The third kappa shape index (κ3) is 4.30. The van der Waals surface area contributed by atoms with E-state index in [9.17, 15) is 4.79 Å². The van der Waals surface area contributed by atoms with E-state index >= 15 is 0 Å². The van der Waals surface area contributed by atoms with Gasteiger partial charge in [-0.05, 0) is 36.8 Å². The number of benzene rings is 2. The van der Waals surface area contributed by atoms with Crippen LogP contribution in [0.1, 0.15) is 28.9 Å². The van der Waals surface area contributed by atoms with Crippen LogP contribution in [0.4, 0.5) is 0 Å². The zero-order valence-corrected chi connectivity index (χ0v) is 15.9. The number of amides is 1. The second-order valence-electron chi connectivity index (χ2n) is 5.28. The highest BCUT2D eigenvalue weighted by Crippen LogP contribution is 2.38. The molecule has 0 aliphatic carbocycles. The van der Waals surface area contributed by atoms with E-state index in [1.165, 1.54) is 21.3 Å². The lowest BCUT2D eigenvalue weighted by Gasteiger charge is -2.17. The van der Waals surface area contributed by atoms with E-state index in [0.717, 1.165) is 5.56 Å². The van der Waals surface area contributed by atoms with Crippen LogP contribution >= 0.6 is 23.2 Å². The topological polar surface area (TPSA) is 56.8 Å². The molecule has 0 heterocycles. The lowest BCUT2D eigenvalue weighted by atomic mass is 10.1. The first-order valence-electron chi connectivity index (χ1n) is 7.47. The van der Waals surface area contributed by atoms with Gasteiger partial charge in [0.05, 0.1) is 37.4 Å². The van der Waals surface area contributed by atoms with Gasteiger partial charge in [-0.15, -0.1) is 0 Å². The molecule has 2 aromatic carbocycles. The monoisotopic (exact) mass is 383 g/mol. The average molecular weight is 384 g/mol. The van der Waals surface area contributed by atoms with Crippen LogP contribution < -0.4 is 19.5 Å². The van der Waals surface area contributed by atoms with E-state index in [1.807, 2.05) is 13.0 Å². The van der Waals surface area contributed by atoms with Crippen LogP contribution in [0.2, 0.25) is 10.0 Å². The van der Waals surface area contributed by atoms with E-state index in [2.05, 4.69) is 5.32 Å². The molecule has 0 fully saturated rings. The third-order valence-corrected chi connectivity index (χ3v) is 4.46. The number of nitrogens with one attached hydrogen (secondary N) is 1. The van der Waals surface area contributed by atoms with Gasteiger partial charge in [0.15, 0.2) is 11.5 Å². The van der Waals surface area contributed by atoms with Gasteiger partial charge in [-0.2, -0.15) is 0 Å². The van der Waals surface area contributed by atoms with Crippen LogP contribution in [0.25, 0.3) is 0 Å². The molecule has 134 valence electrons. The lowest BCUT2D eigenvalue weighted by molar-refractivity contribution is 0.0939. The number of carbonyl (C=O) groups is 1. The van der Waals surface area contributed by atoms with Crippen molar-refractivity contribution >= 4 is 29.1 Å². The summed E-state index contributed by atoms with van der Waals surface area (Å²) in [6.45, 7) is 1.86. The average Bonchev–Trinajstić information content (AvgIpc) is 2.62. The highest BCUT2D eigenvalue weighted by molar-refractivity contribution is 6.42. The van der Waals surface area contributed by atoms with Crippen LogP contribution in [0.5, 0.6) is 17.2 Å². The Kier molecular flexibility index (Phi) is 6.39. The number of hydrogen-bond donors (Lipinski definition) is 1. The Bertz CT molecular complexity index is 755. The first-order valence-corrected chi connectivity index (χ1v) is 8.22. The highest BCUT2D eigenvalue weighted by Gasteiger charge is 2.18. The van der Waals surface area contributed by atoms with E-state index in [1.54, 1.807) is 24.3 Å². The number of ether oxygens (including phenoxy) is 3. The van der Waals surface area contributed by atoms with Gasteiger partial charge in [0, 0.05) is 5.56 Å². The van der Waals surface area contributed by atoms with Gasteiger partial charge in [-0.25, -0.2) is 0 Å². The number of halogens is 2. The van der Waals surface area contributed by atoms with Gasteiger partial charge in [-0.1, -0.05) is 29.3 Å². The highest BCUT2D eigenvalue weighted by atomic mass is 35.5. The smallest absolute Gasteiger partial charge is 0.252 e. The first kappa shape index (κ1) is 19.2. The second kappa shape index (κ2) is 8.32. The zero-order valence-electron chi connectivity index (χ0n) is 14.4. The second-order valence-corrected chi connectivity index (χ2v) is 6.10. The molecule has 0 radical (unpaired) electrons. The van der Waals surface area contributed by atoms with Gasteiger partial charge in [0.1, 0.15) is 0 Å². The fourth-order valence-corrected chi connectivity index (χ4v) is 2.66. The largest absolute Gasteiger partial charge is 0.493 e. The summed E-state index contributed by atoms with van der Waals surface area (Å²) in [6.07, 6.45) is 0. The summed E-state index contributed by atoms with van der Waals surface area (Å²) in [6, 6.07) is 8.16. The Morgan fingerprint density at radius 2 is 1.56 bits per heavy atom. The fraction of sp³-hybridized carbons (Fsp3) is 0.278. The van der Waals surface area contributed by atoms with Crippen LogP contribution in [0.15, 0.2) is 30.3 Å². The van der Waals surface area contributed by atoms with Crippen LogP contribution in [-0.2, 0) is 0 Å². The first-order chi connectivity index (χ1) is 11.9. The number of hydrogen-bond acceptors (Lipinski definition) is 4. The summed E-state index contributed by atoms with van der Waals surface area (Å²) in [4.78, 5) is 12.6. The number of carbonyl (C=O) groups excluding carboxylic acids is 1. The van der Waals surface area contributed by atoms with Gasteiger partial charge >= 0.3 is 0 Å². The minimum absolute atomic E-state index is 0.263. The van der Waals surface area contributed by atoms with Crippen molar-refractivity contribution in [1.29, 1.82) is 0 Å². The van der Waals surface area contributed by atoms with Crippen molar-refractivity contribution in [3.05, 3.63) is 51.5 Å². The van der Waals surface area contributed by atoms with Crippen molar-refractivity contribution in [2.45, 2.75) is 13.0 Å². The standard InChI is InChI=1S/C18H19Cl2NO4/c1-10(11-5-6-13(19)14(20)7-11)21-18(22)12-8-15(23-2)17(25-4)16(9-12)24-3/h5-10H,1-4H3,(H,21,22). The molecule has 5 nitrogen and oxygen atoms in total. The Hall–Kier alpha value is -2.11. The predicted molar refractivity (Wildman–Crippen MR) is 98.4 cm³/mol. The molecule has 0 saturated carbocycles. The molecule has 1 atom stereocenters. The van der Waals surface area contributed by atoms with Crippen molar-refractivity contribution in [2.75, 3.05) is 21.3 Å². The molecule has 1 N–H and O–H groups in total. The molecular weight excluding hydrogens is 365 g/mol. The van der Waals surface area contributed by atoms with E-state index < -0.39 is 0 Å². The molecule has 2 rings (SSSR count). The van der Waals surface area contributed by atoms with Crippen molar-refractivity contribution in [3.8, 4) is 17.2 Å². The molecule has 1 amide bonds. The Morgan fingerprint density at radius 1 is 0.960 bits per heavy atom. The van der Waals surface area contributed by atoms with Gasteiger partial charge in [-0.3, -0.25) is 4.79 Å². The van der Waals surface area contributed by atoms with E-state index in [0.29, 0.717) is 32.9 Å². The molecular formula is C18H19Cl2NO4. The number of methoxy groups -OCH3 is 3. The maximum Gasteiger partial charge on any atom is 0.252 e. The van der Waals surface area contributed by atoms with Crippen molar-refractivity contribution < 1.29 is 19.0 Å². The van der Waals surface area contributed by atoms with E-state index in [-0.39, 0.29) is 11.9 Å². The Morgan fingerprint density at radius 3 is 2.04 bits per heavy atom. The maximum absolute atomic E-state index is 12.6. The molecule has 7 heteroatoms. The Balaban J connectivity index is 2.26. The normalized spacial score (nSPS) is 11.6. The molecule has 25 heavy (non-hydrogen) atoms. The van der Waals surface area contributed by atoms with E-state index in [4.69, 9.17) is 37.4 Å². The quantitative estimate of drug-likeness (QED) is 0.796. The number of rotatable bonds is 6. The summed E-state index contributed by atoms with van der Waals surface area (Å²) < 4.78 is 15.8. The summed E-state index contributed by atoms with van der Waals surface area (Å²) in [5.41, 5.74) is 1.23. The predicted octanol–water partition coefficient (Wildman–Crippen LogP) is 4.51. The van der Waals surface area contributed by atoms with Gasteiger partial charge in [0.2, 0.25) is 5.75 Å². The van der Waals surface area contributed by atoms with Gasteiger partial charge in [0.25, 0.3) is 5.91 Å². The summed E-state index contributed by atoms with van der Waals surface area (Å²) >= 11 is 12.0. The molecule has 0 saturated heterocycles. The third-order valence-electron chi connectivity index (χ3n) is 3.72. The minimum Gasteiger partial charge on any atom is -0.493 e. The van der Waals surface area contributed by atoms with Crippen LogP contribution in [0.3, 0.4) is 0 Å². The summed E-state index contributed by atoms with van der Waals surface area (Å²) in [5.74, 6) is 0.972. The van der Waals surface area contributed by atoms with Crippen molar-refractivity contribution in [3.63, 3.8) is 0 Å². The molecule has 0 spiro atoms. The van der Waals surface area contributed by atoms with Crippen LogP contribution in [-0.4, -0.2) is 27.2 Å². The maximum atomic E-state index is 12.6. The van der Waals surface area contributed by atoms with Crippen molar-refractivity contribution in [2.24, 2.45) is 0 Å². The molecule has 0 aromatic heterocycles. The Labute approximate surface area is 156 Å². The summed E-state index contributed by atoms with van der Waals surface area (Å²) in [5, 5.41) is 3.81. The SMILES string of the molecule is COc1cc(C(=O)NC(C)c2ccc(Cl)c(Cl)c2)cc(OC)c1OC. The molecule has 0 aliphatic heterocycles. The molecule has 0 aliphatic rings. The van der Waals surface area contributed by atoms with Crippen LogP contribution in [0, 0.1) is 0 Å². The minimum atomic E-state index is -0.280. The lowest BCUT2D eigenvalue weighted by Crippen LogP contribution is -2.26. The molecule has 0 bridgehead atoms. The van der Waals surface area contributed by atoms with Gasteiger partial charge < -0.3 is 19.5 Å².